The van der Waals surface area contributed by atoms with Crippen molar-refractivity contribution in [3.8, 4) is 0 Å². The van der Waals surface area contributed by atoms with Gasteiger partial charge in [-0.3, -0.25) is 4.79 Å². The second-order valence-electron chi connectivity index (χ2n) is 6.67. The van der Waals surface area contributed by atoms with Crippen LogP contribution in [0.15, 0.2) is 18.2 Å². The van der Waals surface area contributed by atoms with Gasteiger partial charge in [-0.25, -0.2) is 13.6 Å². The smallest absolute Gasteiger partial charge is 0.326 e. The predicted octanol–water partition coefficient (Wildman–Crippen LogP) is 2.49. The molecular formula is C17H21F2NO4. The second-order valence-corrected chi connectivity index (χ2v) is 6.67. The lowest BCUT2D eigenvalue weighted by molar-refractivity contribution is -0.170. The molecule has 1 fully saturated rings. The number of carbonyl (C=O) groups excluding carboxylic acids is 1. The number of aliphatic hydroxyl groups excluding tert-OH is 1. The lowest BCUT2D eigenvalue weighted by Crippen LogP contribution is -2.59. The SMILES string of the molecule is CCC(C(=O)O)N1C(=O)C(C)(C)[C@@H](O)C[C@H]1c1cc(F)cc(F)c1. The highest BCUT2D eigenvalue weighted by atomic mass is 19.1. The summed E-state index contributed by atoms with van der Waals surface area (Å²) >= 11 is 0. The fourth-order valence-electron chi connectivity index (χ4n) is 3.15. The molecule has 24 heavy (non-hydrogen) atoms. The monoisotopic (exact) mass is 341 g/mol. The van der Waals surface area contributed by atoms with Crippen LogP contribution in [0.3, 0.4) is 0 Å². The minimum atomic E-state index is -1.19. The molecule has 3 atom stereocenters. The zero-order valence-corrected chi connectivity index (χ0v) is 13.8. The van der Waals surface area contributed by atoms with Crippen LogP contribution in [-0.4, -0.2) is 39.1 Å². The first-order valence-electron chi connectivity index (χ1n) is 7.79. The van der Waals surface area contributed by atoms with Gasteiger partial charge in [0.05, 0.1) is 17.6 Å². The maximum atomic E-state index is 13.6. The Hall–Kier alpha value is -2.02. The highest BCUT2D eigenvalue weighted by molar-refractivity contribution is 5.88. The number of aliphatic hydroxyl groups is 1. The molecule has 0 spiro atoms. The first-order valence-corrected chi connectivity index (χ1v) is 7.79. The molecule has 2 rings (SSSR count). The number of rotatable bonds is 4. The second kappa shape index (κ2) is 6.47. The number of hydrogen-bond acceptors (Lipinski definition) is 3. The Morgan fingerprint density at radius 2 is 1.88 bits per heavy atom. The first-order chi connectivity index (χ1) is 11.1. The Kier molecular flexibility index (Phi) is 4.94. The molecule has 1 aliphatic rings. The topological polar surface area (TPSA) is 77.8 Å². The zero-order chi connectivity index (χ0) is 18.2. The fourth-order valence-corrected chi connectivity index (χ4v) is 3.15. The molecule has 132 valence electrons. The minimum Gasteiger partial charge on any atom is -0.480 e. The van der Waals surface area contributed by atoms with Crippen molar-refractivity contribution in [2.45, 2.75) is 51.8 Å². The van der Waals surface area contributed by atoms with Crippen LogP contribution in [0.1, 0.15) is 45.2 Å². The van der Waals surface area contributed by atoms with E-state index >= 15 is 0 Å². The summed E-state index contributed by atoms with van der Waals surface area (Å²) in [6, 6.07) is 0.779. The van der Waals surface area contributed by atoms with Gasteiger partial charge in [0.1, 0.15) is 17.7 Å². The lowest BCUT2D eigenvalue weighted by atomic mass is 9.75. The summed E-state index contributed by atoms with van der Waals surface area (Å²) in [6.45, 7) is 4.68. The molecule has 5 nitrogen and oxygen atoms in total. The number of amides is 1. The number of carbonyl (C=O) groups is 2. The summed E-state index contributed by atoms with van der Waals surface area (Å²) in [5.74, 6) is -3.38. The molecule has 1 unspecified atom stereocenters. The van der Waals surface area contributed by atoms with E-state index in [9.17, 15) is 28.6 Å². The lowest BCUT2D eigenvalue weighted by Gasteiger charge is -2.48. The van der Waals surface area contributed by atoms with Crippen molar-refractivity contribution in [3.63, 3.8) is 0 Å². The maximum Gasteiger partial charge on any atom is 0.326 e. The van der Waals surface area contributed by atoms with E-state index in [2.05, 4.69) is 0 Å². The Morgan fingerprint density at radius 3 is 2.33 bits per heavy atom. The van der Waals surface area contributed by atoms with Crippen LogP contribution >= 0.6 is 0 Å². The Morgan fingerprint density at radius 1 is 1.33 bits per heavy atom. The number of halogens is 2. The van der Waals surface area contributed by atoms with Crippen molar-refractivity contribution in [1.29, 1.82) is 0 Å². The third-order valence-electron chi connectivity index (χ3n) is 4.68. The van der Waals surface area contributed by atoms with Crippen LogP contribution in [0.2, 0.25) is 0 Å². The van der Waals surface area contributed by atoms with E-state index in [1.54, 1.807) is 6.92 Å². The third kappa shape index (κ3) is 3.13. The summed E-state index contributed by atoms with van der Waals surface area (Å²) < 4.78 is 27.2. The molecule has 0 bridgehead atoms. The standard InChI is InChI=1S/C17H21F2NO4/c1-4-12(15(22)23)20-13(8-14(21)17(2,3)16(20)24)9-5-10(18)7-11(19)6-9/h5-7,12-14,21H,4,8H2,1-3H3,(H,22,23)/t12?,13-,14-/m0/s1. The molecule has 0 radical (unpaired) electrons. The molecule has 0 aromatic heterocycles. The van der Waals surface area contributed by atoms with Crippen LogP contribution in [0.25, 0.3) is 0 Å². The van der Waals surface area contributed by atoms with Crippen molar-refractivity contribution in [2.24, 2.45) is 5.41 Å². The van der Waals surface area contributed by atoms with Gasteiger partial charge in [0.25, 0.3) is 0 Å². The number of aliphatic carboxylic acids is 1. The highest BCUT2D eigenvalue weighted by Gasteiger charge is 2.50. The highest BCUT2D eigenvalue weighted by Crippen LogP contribution is 2.42. The number of benzene rings is 1. The molecule has 0 saturated carbocycles. The van der Waals surface area contributed by atoms with E-state index in [-0.39, 0.29) is 18.4 Å². The van der Waals surface area contributed by atoms with Gasteiger partial charge in [-0.15, -0.1) is 0 Å². The van der Waals surface area contributed by atoms with E-state index in [0.717, 1.165) is 17.0 Å². The maximum absolute atomic E-state index is 13.6. The largest absolute Gasteiger partial charge is 0.480 e. The van der Waals surface area contributed by atoms with Gasteiger partial charge < -0.3 is 15.1 Å². The average molecular weight is 341 g/mol. The Bertz CT molecular complexity index is 642. The normalized spacial score (nSPS) is 24.8. The first kappa shape index (κ1) is 18.3. The molecule has 1 aliphatic heterocycles. The predicted molar refractivity (Wildman–Crippen MR) is 82.1 cm³/mol. The molecule has 7 heteroatoms. The van der Waals surface area contributed by atoms with Gasteiger partial charge >= 0.3 is 5.97 Å². The number of likely N-dealkylation sites (tertiary alicyclic amines) is 1. The van der Waals surface area contributed by atoms with Gasteiger partial charge in [-0.2, -0.15) is 0 Å². The van der Waals surface area contributed by atoms with Gasteiger partial charge in [-0.1, -0.05) is 6.92 Å². The van der Waals surface area contributed by atoms with Gasteiger partial charge in [0, 0.05) is 6.07 Å². The van der Waals surface area contributed by atoms with Gasteiger partial charge in [0.15, 0.2) is 0 Å². The van der Waals surface area contributed by atoms with Crippen molar-refractivity contribution >= 4 is 11.9 Å². The number of piperidine rings is 1. The third-order valence-corrected chi connectivity index (χ3v) is 4.68. The Balaban J connectivity index is 2.57. The molecular weight excluding hydrogens is 320 g/mol. The fraction of sp³-hybridized carbons (Fsp3) is 0.529. The summed E-state index contributed by atoms with van der Waals surface area (Å²) in [5, 5.41) is 19.8. The summed E-state index contributed by atoms with van der Waals surface area (Å²) in [7, 11) is 0. The van der Waals surface area contributed by atoms with E-state index in [1.807, 2.05) is 0 Å². The number of carboxylic acids is 1. The quantitative estimate of drug-likeness (QED) is 0.882. The molecule has 1 aromatic carbocycles. The van der Waals surface area contributed by atoms with Crippen LogP contribution in [0.4, 0.5) is 8.78 Å². The summed E-state index contributed by atoms with van der Waals surface area (Å²) in [4.78, 5) is 25.5. The average Bonchev–Trinajstić information content (AvgIpc) is 2.46. The van der Waals surface area contributed by atoms with Crippen molar-refractivity contribution in [2.75, 3.05) is 0 Å². The number of nitrogens with zero attached hydrogens (tertiary/aromatic N) is 1. The molecule has 1 aromatic rings. The molecule has 1 heterocycles. The van der Waals surface area contributed by atoms with Crippen molar-refractivity contribution in [3.05, 3.63) is 35.4 Å². The Labute approximate surface area is 138 Å². The van der Waals surface area contributed by atoms with Crippen LogP contribution < -0.4 is 0 Å². The number of carboxylic acid groups (broad SMARTS) is 1. The van der Waals surface area contributed by atoms with Gasteiger partial charge in [-0.05, 0) is 44.4 Å². The zero-order valence-electron chi connectivity index (χ0n) is 13.8. The summed E-state index contributed by atoms with van der Waals surface area (Å²) in [5.41, 5.74) is -1.04. The number of hydrogen-bond donors (Lipinski definition) is 2. The summed E-state index contributed by atoms with van der Waals surface area (Å²) in [6.07, 6.45) is -0.906. The molecule has 1 saturated heterocycles. The van der Waals surface area contributed by atoms with Gasteiger partial charge in [0.2, 0.25) is 5.91 Å². The molecule has 2 N–H and O–H groups in total. The van der Waals surface area contributed by atoms with E-state index in [0.29, 0.717) is 6.07 Å². The van der Waals surface area contributed by atoms with E-state index in [4.69, 9.17) is 0 Å². The van der Waals surface area contributed by atoms with Crippen LogP contribution in [0.5, 0.6) is 0 Å². The van der Waals surface area contributed by atoms with Crippen LogP contribution in [-0.2, 0) is 9.59 Å². The van der Waals surface area contributed by atoms with E-state index in [1.165, 1.54) is 13.8 Å². The molecule has 0 aliphatic carbocycles. The minimum absolute atomic E-state index is 0.00537. The molecule has 1 amide bonds. The van der Waals surface area contributed by atoms with E-state index < -0.39 is 47.1 Å². The van der Waals surface area contributed by atoms with Crippen molar-refractivity contribution in [1.82, 2.24) is 4.90 Å². The van der Waals surface area contributed by atoms with Crippen molar-refractivity contribution < 1.29 is 28.6 Å². The van der Waals surface area contributed by atoms with Crippen LogP contribution in [0, 0.1) is 17.0 Å².